The molecule has 1 N–H and O–H groups in total. The summed E-state index contributed by atoms with van der Waals surface area (Å²) in [7, 11) is 0. The van der Waals surface area contributed by atoms with Crippen molar-refractivity contribution in [2.75, 3.05) is 11.9 Å². The van der Waals surface area contributed by atoms with Crippen molar-refractivity contribution in [2.24, 2.45) is 0 Å². The predicted molar refractivity (Wildman–Crippen MR) is 140 cm³/mol. The number of halogens is 3. The molecule has 3 aromatic carbocycles. The fraction of sp³-hybridized carbons (Fsp3) is 0.120. The zero-order valence-electron chi connectivity index (χ0n) is 17.6. The second kappa shape index (κ2) is 12.0. The minimum Gasteiger partial charge on any atom is -0.490 e. The summed E-state index contributed by atoms with van der Waals surface area (Å²) in [6.45, 7) is 2.67. The molecule has 0 aliphatic rings. The Bertz CT molecular complexity index is 1200. The molecule has 0 heterocycles. The van der Waals surface area contributed by atoms with Gasteiger partial charge in [0.2, 0.25) is 0 Å². The van der Waals surface area contributed by atoms with Gasteiger partial charge in [-0.15, -0.1) is 0 Å². The third-order valence-electron chi connectivity index (χ3n) is 4.41. The van der Waals surface area contributed by atoms with Crippen molar-refractivity contribution < 1.29 is 14.3 Å². The average molecular weight is 635 g/mol. The highest BCUT2D eigenvalue weighted by Gasteiger charge is 2.15. The molecule has 8 heteroatoms. The smallest absolute Gasteiger partial charge is 0.266 e. The molecule has 0 spiro atoms. The molecule has 3 aromatic rings. The van der Waals surface area contributed by atoms with E-state index in [4.69, 9.17) is 9.47 Å². The van der Waals surface area contributed by atoms with Crippen molar-refractivity contribution in [1.29, 1.82) is 5.26 Å². The number of rotatable bonds is 8. The Morgan fingerprint density at radius 1 is 1.00 bits per heavy atom. The van der Waals surface area contributed by atoms with Crippen molar-refractivity contribution in [2.45, 2.75) is 13.5 Å². The lowest BCUT2D eigenvalue weighted by Crippen LogP contribution is -2.13. The van der Waals surface area contributed by atoms with Crippen LogP contribution in [0.1, 0.15) is 18.1 Å². The van der Waals surface area contributed by atoms with Crippen LogP contribution in [0.5, 0.6) is 11.5 Å². The number of nitrogens with one attached hydrogen (secondary N) is 1. The Morgan fingerprint density at radius 2 is 1.64 bits per heavy atom. The standard InChI is InChI=1S/C25H19Br3N2O3/c1-2-32-23-13-17(11-18(14-29)25(31)30-21-9-7-20(27)8-10-21)12-22(28)24(23)33-15-16-3-5-19(26)6-4-16/h3-13H,2,15H2,1H3,(H,30,31)/b18-11+. The van der Waals surface area contributed by atoms with E-state index >= 15 is 0 Å². The van der Waals surface area contributed by atoms with Gasteiger partial charge in [-0.25, -0.2) is 0 Å². The van der Waals surface area contributed by atoms with Gasteiger partial charge >= 0.3 is 0 Å². The Kier molecular flexibility index (Phi) is 9.12. The lowest BCUT2D eigenvalue weighted by atomic mass is 10.1. The minimum atomic E-state index is -0.496. The maximum Gasteiger partial charge on any atom is 0.266 e. The maximum absolute atomic E-state index is 12.6. The van der Waals surface area contributed by atoms with E-state index < -0.39 is 5.91 Å². The molecule has 0 fully saturated rings. The first-order valence-corrected chi connectivity index (χ1v) is 12.3. The van der Waals surface area contributed by atoms with E-state index in [1.807, 2.05) is 49.4 Å². The first-order valence-electron chi connectivity index (χ1n) is 9.92. The molecule has 168 valence electrons. The summed E-state index contributed by atoms with van der Waals surface area (Å²) >= 11 is 10.3. The number of nitrogens with zero attached hydrogens (tertiary/aromatic N) is 1. The molecule has 33 heavy (non-hydrogen) atoms. The molecule has 0 aromatic heterocycles. The van der Waals surface area contributed by atoms with Gasteiger partial charge < -0.3 is 14.8 Å². The van der Waals surface area contributed by atoms with E-state index in [1.165, 1.54) is 6.08 Å². The van der Waals surface area contributed by atoms with Crippen LogP contribution in [0.15, 0.2) is 79.7 Å². The van der Waals surface area contributed by atoms with Gasteiger partial charge in [0.1, 0.15) is 18.2 Å². The van der Waals surface area contributed by atoms with Gasteiger partial charge in [-0.3, -0.25) is 4.79 Å². The number of anilines is 1. The van der Waals surface area contributed by atoms with Crippen LogP contribution in [0.2, 0.25) is 0 Å². The van der Waals surface area contributed by atoms with E-state index in [1.54, 1.807) is 24.3 Å². The first-order chi connectivity index (χ1) is 15.9. The van der Waals surface area contributed by atoms with Gasteiger partial charge in [-0.05, 0) is 88.6 Å². The third-order valence-corrected chi connectivity index (χ3v) is 6.05. The maximum atomic E-state index is 12.6. The molecule has 0 atom stereocenters. The quantitative estimate of drug-likeness (QED) is 0.206. The monoisotopic (exact) mass is 632 g/mol. The van der Waals surface area contributed by atoms with Crippen molar-refractivity contribution in [3.05, 3.63) is 90.8 Å². The second-order valence-electron chi connectivity index (χ2n) is 6.81. The normalized spacial score (nSPS) is 10.9. The highest BCUT2D eigenvalue weighted by molar-refractivity contribution is 9.11. The highest BCUT2D eigenvalue weighted by atomic mass is 79.9. The lowest BCUT2D eigenvalue weighted by molar-refractivity contribution is -0.112. The summed E-state index contributed by atoms with van der Waals surface area (Å²) in [6.07, 6.45) is 1.51. The molecule has 0 saturated heterocycles. The van der Waals surface area contributed by atoms with Crippen LogP contribution in [0, 0.1) is 11.3 Å². The van der Waals surface area contributed by atoms with Crippen LogP contribution >= 0.6 is 47.8 Å². The SMILES string of the molecule is CCOc1cc(/C=C(\C#N)C(=O)Nc2ccc(Br)cc2)cc(Br)c1OCc1ccc(Br)cc1. The Labute approximate surface area is 217 Å². The van der Waals surface area contributed by atoms with E-state index in [0.29, 0.717) is 40.4 Å². The molecular formula is C25H19Br3N2O3. The van der Waals surface area contributed by atoms with Crippen molar-refractivity contribution in [1.82, 2.24) is 0 Å². The zero-order chi connectivity index (χ0) is 23.8. The summed E-state index contributed by atoms with van der Waals surface area (Å²) in [5.74, 6) is 0.569. The molecule has 0 saturated carbocycles. The second-order valence-corrected chi connectivity index (χ2v) is 9.49. The molecular weight excluding hydrogens is 616 g/mol. The number of carbonyl (C=O) groups is 1. The van der Waals surface area contributed by atoms with Gasteiger partial charge in [0.05, 0.1) is 11.1 Å². The predicted octanol–water partition coefficient (Wildman–Crippen LogP) is 7.50. The largest absolute Gasteiger partial charge is 0.490 e. The molecule has 0 bridgehead atoms. The summed E-state index contributed by atoms with van der Waals surface area (Å²) in [6, 6.07) is 20.5. The van der Waals surface area contributed by atoms with E-state index in [2.05, 4.69) is 53.1 Å². The molecule has 5 nitrogen and oxygen atoms in total. The van der Waals surface area contributed by atoms with Gasteiger partial charge in [-0.2, -0.15) is 5.26 Å². The van der Waals surface area contributed by atoms with Crippen LogP contribution in [0.3, 0.4) is 0 Å². The molecule has 0 unspecified atom stereocenters. The van der Waals surface area contributed by atoms with E-state index in [0.717, 1.165) is 14.5 Å². The number of nitriles is 1. The molecule has 0 aliphatic heterocycles. The van der Waals surface area contributed by atoms with Crippen LogP contribution < -0.4 is 14.8 Å². The Balaban J connectivity index is 1.83. The zero-order valence-corrected chi connectivity index (χ0v) is 22.3. The van der Waals surface area contributed by atoms with Gasteiger partial charge in [0.15, 0.2) is 11.5 Å². The lowest BCUT2D eigenvalue weighted by Gasteiger charge is -2.15. The first kappa shape index (κ1) is 25.0. The van der Waals surface area contributed by atoms with Gasteiger partial charge in [-0.1, -0.05) is 44.0 Å². The number of ether oxygens (including phenoxy) is 2. The van der Waals surface area contributed by atoms with Crippen molar-refractivity contribution >= 4 is 65.5 Å². The fourth-order valence-corrected chi connectivity index (χ4v) is 3.96. The van der Waals surface area contributed by atoms with E-state index in [9.17, 15) is 10.1 Å². The van der Waals surface area contributed by atoms with Crippen LogP contribution in [-0.4, -0.2) is 12.5 Å². The number of amides is 1. The molecule has 3 rings (SSSR count). The van der Waals surface area contributed by atoms with Gasteiger partial charge in [0.25, 0.3) is 5.91 Å². The highest BCUT2D eigenvalue weighted by Crippen LogP contribution is 2.38. The fourth-order valence-electron chi connectivity index (χ4n) is 2.86. The van der Waals surface area contributed by atoms with E-state index in [-0.39, 0.29) is 5.57 Å². The molecule has 0 radical (unpaired) electrons. The van der Waals surface area contributed by atoms with Crippen LogP contribution in [-0.2, 0) is 11.4 Å². The minimum absolute atomic E-state index is 0.0317. The number of hydrogen-bond acceptors (Lipinski definition) is 4. The van der Waals surface area contributed by atoms with Crippen LogP contribution in [0.25, 0.3) is 6.08 Å². The third kappa shape index (κ3) is 7.19. The average Bonchev–Trinajstić information content (AvgIpc) is 2.79. The summed E-state index contributed by atoms with van der Waals surface area (Å²) < 4.78 is 14.3. The van der Waals surface area contributed by atoms with Crippen molar-refractivity contribution in [3.8, 4) is 17.6 Å². The topological polar surface area (TPSA) is 71.3 Å². The summed E-state index contributed by atoms with van der Waals surface area (Å²) in [5, 5.41) is 12.3. The number of carbonyl (C=O) groups excluding carboxylic acids is 1. The summed E-state index contributed by atoms with van der Waals surface area (Å²) in [4.78, 5) is 12.6. The molecule has 1 amide bonds. The van der Waals surface area contributed by atoms with Gasteiger partial charge in [0, 0.05) is 14.6 Å². The Morgan fingerprint density at radius 3 is 2.24 bits per heavy atom. The number of hydrogen-bond donors (Lipinski definition) is 1. The summed E-state index contributed by atoms with van der Waals surface area (Å²) in [5.41, 5.74) is 2.20. The van der Waals surface area contributed by atoms with Crippen LogP contribution in [0.4, 0.5) is 5.69 Å². The molecule has 0 aliphatic carbocycles. The Hall–Kier alpha value is -2.60. The van der Waals surface area contributed by atoms with Crippen molar-refractivity contribution in [3.63, 3.8) is 0 Å². The number of benzene rings is 3.